The van der Waals surface area contributed by atoms with E-state index in [0.717, 1.165) is 22.5 Å². The molecule has 0 unspecified atom stereocenters. The third-order valence-electron chi connectivity index (χ3n) is 7.31. The molecule has 0 saturated heterocycles. The van der Waals surface area contributed by atoms with Gasteiger partial charge in [0.15, 0.2) is 17.0 Å². The number of nitriles is 1. The van der Waals surface area contributed by atoms with E-state index in [0.29, 0.717) is 36.0 Å². The number of hydrogen-bond acceptors (Lipinski definition) is 6. The zero-order chi connectivity index (χ0) is 22.4. The Morgan fingerprint density at radius 2 is 1.91 bits per heavy atom. The van der Waals surface area contributed by atoms with Crippen LogP contribution in [0.5, 0.6) is 0 Å². The van der Waals surface area contributed by atoms with Crippen molar-refractivity contribution in [3.8, 4) is 6.07 Å². The van der Waals surface area contributed by atoms with Gasteiger partial charge in [0, 0.05) is 34.5 Å². The highest BCUT2D eigenvalue weighted by Crippen LogP contribution is 2.72. The molecule has 158 valence electrons. The minimum atomic E-state index is -1.58. The van der Waals surface area contributed by atoms with Crippen molar-refractivity contribution < 1.29 is 14.3 Å². The Morgan fingerprint density at radius 1 is 1.12 bits per heavy atom. The quantitative estimate of drug-likeness (QED) is 0.748. The summed E-state index contributed by atoms with van der Waals surface area (Å²) in [5, 5.41) is 10.2. The van der Waals surface area contributed by atoms with Gasteiger partial charge in [0.05, 0.1) is 0 Å². The lowest BCUT2D eigenvalue weighted by molar-refractivity contribution is -0.117. The van der Waals surface area contributed by atoms with Crippen LogP contribution in [-0.2, 0) is 15.3 Å². The lowest BCUT2D eigenvalue weighted by Gasteiger charge is -2.42. The smallest absolute Gasteiger partial charge is 0.238 e. The molecule has 0 saturated carbocycles. The summed E-state index contributed by atoms with van der Waals surface area (Å²) in [5.41, 5.74) is 8.49. The van der Waals surface area contributed by atoms with E-state index in [4.69, 9.17) is 10.5 Å². The Bertz CT molecular complexity index is 1380. The van der Waals surface area contributed by atoms with Crippen molar-refractivity contribution in [2.45, 2.75) is 38.8 Å². The number of nitrogens with two attached hydrogens (primary N) is 1. The highest BCUT2D eigenvalue weighted by molar-refractivity contribution is 6.20. The molecule has 2 aliphatic heterocycles. The first-order valence-corrected chi connectivity index (χ1v) is 10.8. The molecule has 4 aliphatic rings. The number of ether oxygens (including phenoxy) is 1. The molecule has 2 heterocycles. The molecule has 6 heteroatoms. The number of allylic oxidation sites excluding steroid dienone is 1. The van der Waals surface area contributed by atoms with Crippen LogP contribution in [0.2, 0.25) is 0 Å². The fourth-order valence-corrected chi connectivity index (χ4v) is 6.26. The van der Waals surface area contributed by atoms with Gasteiger partial charge in [-0.15, -0.1) is 0 Å². The van der Waals surface area contributed by atoms with E-state index in [1.807, 2.05) is 43.0 Å². The van der Waals surface area contributed by atoms with Crippen LogP contribution in [0.4, 0.5) is 5.69 Å². The Labute approximate surface area is 185 Å². The number of rotatable bonds is 1. The Balaban J connectivity index is 1.80. The Kier molecular flexibility index (Phi) is 3.47. The molecule has 0 amide bonds. The van der Waals surface area contributed by atoms with Crippen molar-refractivity contribution in [2.75, 3.05) is 4.90 Å². The van der Waals surface area contributed by atoms with Gasteiger partial charge in [-0.05, 0) is 38.3 Å². The SMILES string of the molecule is Cc1ccc(N2C3=C(C(=O)CCC3)[C@@]34C(=O)c5ccccc5[C@@]23OC(N)=C4C#N)c(C)c1. The van der Waals surface area contributed by atoms with Crippen LogP contribution in [0, 0.1) is 30.6 Å². The van der Waals surface area contributed by atoms with E-state index in [2.05, 4.69) is 12.1 Å². The van der Waals surface area contributed by atoms with Crippen LogP contribution in [-0.4, -0.2) is 11.6 Å². The van der Waals surface area contributed by atoms with E-state index in [1.165, 1.54) is 0 Å². The van der Waals surface area contributed by atoms with Crippen molar-refractivity contribution >= 4 is 17.3 Å². The minimum absolute atomic E-state index is 0.0358. The third-order valence-corrected chi connectivity index (χ3v) is 7.31. The first-order chi connectivity index (χ1) is 15.4. The predicted molar refractivity (Wildman–Crippen MR) is 117 cm³/mol. The van der Waals surface area contributed by atoms with Crippen LogP contribution in [0.15, 0.2) is 65.2 Å². The molecule has 32 heavy (non-hydrogen) atoms. The molecule has 0 spiro atoms. The zero-order valence-corrected chi connectivity index (χ0v) is 17.9. The van der Waals surface area contributed by atoms with E-state index >= 15 is 0 Å². The molecule has 2 aromatic rings. The minimum Gasteiger partial charge on any atom is -0.446 e. The summed E-state index contributed by atoms with van der Waals surface area (Å²) in [4.78, 5) is 29.6. The normalized spacial score (nSPS) is 27.7. The third kappa shape index (κ3) is 1.79. The summed E-state index contributed by atoms with van der Waals surface area (Å²) in [5.74, 6) is -0.495. The number of benzene rings is 2. The predicted octanol–water partition coefficient (Wildman–Crippen LogP) is 3.89. The largest absolute Gasteiger partial charge is 0.446 e. The van der Waals surface area contributed by atoms with Gasteiger partial charge in [-0.25, -0.2) is 0 Å². The summed E-state index contributed by atoms with van der Waals surface area (Å²) in [6.07, 6.45) is 1.64. The van der Waals surface area contributed by atoms with Gasteiger partial charge in [0.2, 0.25) is 11.6 Å². The lowest BCUT2D eigenvalue weighted by atomic mass is 9.66. The van der Waals surface area contributed by atoms with Gasteiger partial charge in [-0.2, -0.15) is 5.26 Å². The van der Waals surface area contributed by atoms with Crippen molar-refractivity contribution in [3.05, 3.63) is 87.4 Å². The average molecular weight is 423 g/mol. The number of anilines is 1. The average Bonchev–Trinajstić information content (AvgIpc) is 3.26. The maximum atomic E-state index is 14.2. The molecule has 0 aromatic heterocycles. The highest BCUT2D eigenvalue weighted by Gasteiger charge is 2.81. The van der Waals surface area contributed by atoms with Crippen molar-refractivity contribution in [3.63, 3.8) is 0 Å². The maximum Gasteiger partial charge on any atom is 0.238 e. The van der Waals surface area contributed by atoms with Crippen LogP contribution in [0.3, 0.4) is 0 Å². The molecule has 2 N–H and O–H groups in total. The second kappa shape index (κ2) is 5.89. The summed E-state index contributed by atoms with van der Waals surface area (Å²) < 4.78 is 6.43. The number of aryl methyl sites for hydroxylation is 2. The highest BCUT2D eigenvalue weighted by atomic mass is 16.5. The number of hydrogen-bond donors (Lipinski definition) is 1. The Morgan fingerprint density at radius 3 is 2.66 bits per heavy atom. The van der Waals surface area contributed by atoms with Crippen molar-refractivity contribution in [1.29, 1.82) is 5.26 Å². The maximum absolute atomic E-state index is 14.2. The molecule has 0 radical (unpaired) electrons. The standard InChI is InChI=1S/C26H21N3O3/c1-14-10-11-19(15(2)12-14)29-20-8-5-9-21(30)22(20)25-18(13-27)24(28)32-26(25,29)17-7-4-3-6-16(17)23(25)31/h3-4,6-7,10-12H,5,8-9,28H2,1-2H3/t25-,26-/m0/s1. The van der Waals surface area contributed by atoms with Gasteiger partial charge in [-0.3, -0.25) is 9.59 Å². The van der Waals surface area contributed by atoms with Crippen molar-refractivity contribution in [1.82, 2.24) is 0 Å². The fraction of sp³-hybridized carbons (Fsp3) is 0.269. The Hall–Kier alpha value is -3.85. The summed E-state index contributed by atoms with van der Waals surface area (Å²) >= 11 is 0. The van der Waals surface area contributed by atoms with E-state index in [1.54, 1.807) is 12.1 Å². The van der Waals surface area contributed by atoms with E-state index < -0.39 is 11.1 Å². The fourth-order valence-electron chi connectivity index (χ4n) is 6.26. The molecule has 6 rings (SSSR count). The van der Waals surface area contributed by atoms with Crippen LogP contribution < -0.4 is 10.6 Å². The molecule has 2 aromatic carbocycles. The second-order valence-corrected chi connectivity index (χ2v) is 8.95. The summed E-state index contributed by atoms with van der Waals surface area (Å²) in [6.45, 7) is 4.02. The van der Waals surface area contributed by atoms with Crippen LogP contribution >= 0.6 is 0 Å². The van der Waals surface area contributed by atoms with E-state index in [-0.39, 0.29) is 23.0 Å². The molecular formula is C26H21N3O3. The number of carbonyl (C=O) groups excluding carboxylic acids is 2. The molecule has 2 aliphatic carbocycles. The molecule has 6 nitrogen and oxygen atoms in total. The van der Waals surface area contributed by atoms with Gasteiger partial charge in [0.25, 0.3) is 0 Å². The summed E-state index contributed by atoms with van der Waals surface area (Å²) in [7, 11) is 0. The topological polar surface area (TPSA) is 96.4 Å². The van der Waals surface area contributed by atoms with Crippen LogP contribution in [0.25, 0.3) is 0 Å². The first-order valence-electron chi connectivity index (χ1n) is 10.8. The zero-order valence-electron chi connectivity index (χ0n) is 17.9. The number of ketones is 2. The molecule has 0 fully saturated rings. The first kappa shape index (κ1) is 18.9. The monoisotopic (exact) mass is 423 g/mol. The summed E-state index contributed by atoms with van der Waals surface area (Å²) in [6, 6.07) is 15.4. The molecule has 2 atom stereocenters. The van der Waals surface area contributed by atoms with Gasteiger partial charge in [-0.1, -0.05) is 42.0 Å². The second-order valence-electron chi connectivity index (χ2n) is 8.95. The van der Waals surface area contributed by atoms with Crippen LogP contribution in [0.1, 0.15) is 46.3 Å². The number of Topliss-reactive ketones (excluding diaryl/α,β-unsaturated/α-hetero) is 2. The number of carbonyl (C=O) groups is 2. The van der Waals surface area contributed by atoms with Gasteiger partial charge >= 0.3 is 0 Å². The molecular weight excluding hydrogens is 402 g/mol. The number of nitrogens with zero attached hydrogens (tertiary/aromatic N) is 2. The van der Waals surface area contributed by atoms with Gasteiger partial charge in [0.1, 0.15) is 11.6 Å². The molecule has 0 bridgehead atoms. The van der Waals surface area contributed by atoms with E-state index in [9.17, 15) is 14.9 Å². The lowest BCUT2D eigenvalue weighted by Crippen LogP contribution is -2.52. The number of fused-ring (bicyclic) bond motifs is 1. The van der Waals surface area contributed by atoms with Gasteiger partial charge < -0.3 is 15.4 Å². The van der Waals surface area contributed by atoms with Crippen molar-refractivity contribution in [2.24, 2.45) is 11.1 Å².